The second kappa shape index (κ2) is 6.30. The Labute approximate surface area is 132 Å². The number of rotatable bonds is 3. The molecule has 100 valence electrons. The molecule has 0 nitrogen and oxygen atoms in total. The summed E-state index contributed by atoms with van der Waals surface area (Å²) in [6.07, 6.45) is 0.767. The van der Waals surface area contributed by atoms with Crippen LogP contribution >= 0.6 is 39.1 Å². The lowest BCUT2D eigenvalue weighted by molar-refractivity contribution is 0.916. The van der Waals surface area contributed by atoms with E-state index >= 15 is 0 Å². The number of benzene rings is 2. The number of aryl methyl sites for hydroxylation is 2. The van der Waals surface area contributed by atoms with E-state index in [0.717, 1.165) is 21.5 Å². The van der Waals surface area contributed by atoms with Crippen LogP contribution in [-0.2, 0) is 6.42 Å². The fourth-order valence-corrected chi connectivity index (χ4v) is 3.24. The molecule has 0 aliphatic rings. The minimum absolute atomic E-state index is 0.110. The Morgan fingerprint density at radius 2 is 1.79 bits per heavy atom. The SMILES string of the molecule is Cc1cc(Cl)c(C(Cl)Cc2cccc(Br)c2)cc1C. The van der Waals surface area contributed by atoms with Crippen molar-refractivity contribution in [2.75, 3.05) is 0 Å². The third-order valence-corrected chi connectivity index (χ3v) is 4.46. The van der Waals surface area contributed by atoms with Crippen LogP contribution in [0.5, 0.6) is 0 Å². The van der Waals surface area contributed by atoms with Gasteiger partial charge >= 0.3 is 0 Å². The quantitative estimate of drug-likeness (QED) is 0.570. The van der Waals surface area contributed by atoms with Crippen LogP contribution in [0.2, 0.25) is 5.02 Å². The molecule has 2 rings (SSSR count). The summed E-state index contributed by atoms with van der Waals surface area (Å²) in [5.74, 6) is 0. The maximum atomic E-state index is 6.52. The number of hydrogen-bond acceptors (Lipinski definition) is 0. The Balaban J connectivity index is 2.25. The summed E-state index contributed by atoms with van der Waals surface area (Å²) < 4.78 is 1.07. The number of halogens is 3. The minimum atomic E-state index is -0.110. The fourth-order valence-electron chi connectivity index (χ4n) is 2.02. The predicted octanol–water partition coefficient (Wildman–Crippen LogP) is 6.24. The van der Waals surface area contributed by atoms with Crippen molar-refractivity contribution in [2.24, 2.45) is 0 Å². The van der Waals surface area contributed by atoms with Crippen molar-refractivity contribution < 1.29 is 0 Å². The summed E-state index contributed by atoms with van der Waals surface area (Å²) in [6.45, 7) is 4.14. The zero-order chi connectivity index (χ0) is 14.0. The average molecular weight is 358 g/mol. The average Bonchev–Trinajstić information content (AvgIpc) is 2.33. The first-order chi connectivity index (χ1) is 8.97. The molecule has 0 saturated heterocycles. The molecule has 0 aliphatic carbocycles. The van der Waals surface area contributed by atoms with Gasteiger partial charge in [-0.1, -0.05) is 45.7 Å². The highest BCUT2D eigenvalue weighted by Gasteiger charge is 2.14. The molecule has 0 spiro atoms. The second-order valence-corrected chi connectivity index (χ2v) is 6.61. The number of hydrogen-bond donors (Lipinski definition) is 0. The van der Waals surface area contributed by atoms with E-state index in [0.29, 0.717) is 0 Å². The van der Waals surface area contributed by atoms with Gasteiger partial charge in [-0.15, -0.1) is 11.6 Å². The van der Waals surface area contributed by atoms with E-state index in [-0.39, 0.29) is 5.38 Å². The van der Waals surface area contributed by atoms with E-state index in [1.807, 2.05) is 18.2 Å². The van der Waals surface area contributed by atoms with Gasteiger partial charge in [-0.3, -0.25) is 0 Å². The van der Waals surface area contributed by atoms with Crippen LogP contribution in [0.3, 0.4) is 0 Å². The molecular formula is C16H15BrCl2. The summed E-state index contributed by atoms with van der Waals surface area (Å²) in [7, 11) is 0. The normalized spacial score (nSPS) is 12.5. The zero-order valence-electron chi connectivity index (χ0n) is 10.9. The van der Waals surface area contributed by atoms with E-state index in [4.69, 9.17) is 23.2 Å². The molecule has 2 aromatic carbocycles. The molecule has 0 heterocycles. The molecule has 0 radical (unpaired) electrons. The smallest absolute Gasteiger partial charge is 0.0640 e. The highest BCUT2D eigenvalue weighted by molar-refractivity contribution is 9.10. The Hall–Kier alpha value is -0.500. The Bertz CT molecular complexity index is 593. The van der Waals surface area contributed by atoms with Gasteiger partial charge in [0.25, 0.3) is 0 Å². The topological polar surface area (TPSA) is 0 Å². The lowest BCUT2D eigenvalue weighted by Crippen LogP contribution is -1.98. The summed E-state index contributed by atoms with van der Waals surface area (Å²) >= 11 is 16.3. The third kappa shape index (κ3) is 3.75. The van der Waals surface area contributed by atoms with Gasteiger partial charge in [-0.05, 0) is 60.7 Å². The van der Waals surface area contributed by atoms with Crippen molar-refractivity contribution in [1.82, 2.24) is 0 Å². The summed E-state index contributed by atoms with van der Waals surface area (Å²) in [5, 5.41) is 0.638. The van der Waals surface area contributed by atoms with Crippen molar-refractivity contribution in [1.29, 1.82) is 0 Å². The van der Waals surface area contributed by atoms with Crippen LogP contribution in [0.1, 0.15) is 27.6 Å². The lowest BCUT2D eigenvalue weighted by atomic mass is 10.00. The summed E-state index contributed by atoms with van der Waals surface area (Å²) in [6, 6.07) is 12.3. The van der Waals surface area contributed by atoms with E-state index in [9.17, 15) is 0 Å². The molecule has 2 aromatic rings. The summed E-state index contributed by atoms with van der Waals surface area (Å²) in [4.78, 5) is 0. The van der Waals surface area contributed by atoms with E-state index in [2.05, 4.69) is 48.0 Å². The monoisotopic (exact) mass is 356 g/mol. The van der Waals surface area contributed by atoms with Crippen LogP contribution in [0.4, 0.5) is 0 Å². The largest absolute Gasteiger partial charge is 0.117 e. The van der Waals surface area contributed by atoms with Gasteiger partial charge in [0.05, 0.1) is 5.38 Å². The fraction of sp³-hybridized carbons (Fsp3) is 0.250. The van der Waals surface area contributed by atoms with Gasteiger partial charge in [0.1, 0.15) is 0 Å². The van der Waals surface area contributed by atoms with Gasteiger partial charge < -0.3 is 0 Å². The summed E-state index contributed by atoms with van der Waals surface area (Å²) in [5.41, 5.74) is 4.62. The molecule has 3 heteroatoms. The molecule has 0 amide bonds. The molecular weight excluding hydrogens is 343 g/mol. The van der Waals surface area contributed by atoms with Gasteiger partial charge in [0, 0.05) is 9.50 Å². The third-order valence-electron chi connectivity index (χ3n) is 3.25. The predicted molar refractivity (Wildman–Crippen MR) is 87.4 cm³/mol. The van der Waals surface area contributed by atoms with Gasteiger partial charge in [-0.25, -0.2) is 0 Å². The molecule has 0 N–H and O–H groups in total. The maximum Gasteiger partial charge on any atom is 0.0640 e. The molecule has 0 fully saturated rings. The van der Waals surface area contributed by atoms with E-state index < -0.39 is 0 Å². The van der Waals surface area contributed by atoms with Crippen molar-refractivity contribution >= 4 is 39.1 Å². The Kier molecular flexibility index (Phi) is 4.94. The number of alkyl halides is 1. The van der Waals surface area contributed by atoms with E-state index in [1.54, 1.807) is 0 Å². The van der Waals surface area contributed by atoms with Crippen molar-refractivity contribution in [3.8, 4) is 0 Å². The van der Waals surface area contributed by atoms with Crippen molar-refractivity contribution in [3.63, 3.8) is 0 Å². The van der Waals surface area contributed by atoms with Crippen molar-refractivity contribution in [3.05, 3.63) is 68.1 Å². The van der Waals surface area contributed by atoms with E-state index in [1.165, 1.54) is 16.7 Å². The first-order valence-electron chi connectivity index (χ1n) is 6.12. The standard InChI is InChI=1S/C16H15BrCl2/c1-10-6-14(15(18)7-11(10)2)16(19)9-12-4-3-5-13(17)8-12/h3-8,16H,9H2,1-2H3. The molecule has 0 aromatic heterocycles. The molecule has 0 saturated carbocycles. The molecule has 1 unspecified atom stereocenters. The molecule has 0 bridgehead atoms. The first-order valence-corrected chi connectivity index (χ1v) is 7.73. The van der Waals surface area contributed by atoms with Gasteiger partial charge in [0.15, 0.2) is 0 Å². The van der Waals surface area contributed by atoms with Gasteiger partial charge in [0.2, 0.25) is 0 Å². The highest BCUT2D eigenvalue weighted by Crippen LogP contribution is 2.33. The second-order valence-electron chi connectivity index (χ2n) is 4.76. The minimum Gasteiger partial charge on any atom is -0.117 e. The zero-order valence-corrected chi connectivity index (χ0v) is 14.0. The maximum absolute atomic E-state index is 6.52. The van der Waals surface area contributed by atoms with Crippen LogP contribution in [0, 0.1) is 13.8 Å². The van der Waals surface area contributed by atoms with Crippen LogP contribution in [0.25, 0.3) is 0 Å². The Morgan fingerprint density at radius 3 is 2.47 bits per heavy atom. The molecule has 1 atom stereocenters. The van der Waals surface area contributed by atoms with Gasteiger partial charge in [-0.2, -0.15) is 0 Å². The molecule has 19 heavy (non-hydrogen) atoms. The van der Waals surface area contributed by atoms with Crippen LogP contribution in [-0.4, -0.2) is 0 Å². The lowest BCUT2D eigenvalue weighted by Gasteiger charge is -2.14. The highest BCUT2D eigenvalue weighted by atomic mass is 79.9. The van der Waals surface area contributed by atoms with Crippen molar-refractivity contribution in [2.45, 2.75) is 25.6 Å². The van der Waals surface area contributed by atoms with Crippen LogP contribution in [0.15, 0.2) is 40.9 Å². The first kappa shape index (κ1) is 14.9. The van der Waals surface area contributed by atoms with Crippen LogP contribution < -0.4 is 0 Å². The molecule has 0 aliphatic heterocycles. The Morgan fingerprint density at radius 1 is 1.11 bits per heavy atom.